The SMILES string of the molecule is CC[C@@H](CNC(=O)[C@H](C)Sc1nc2ccccc2o1)c1ccccc1. The number of nitrogens with one attached hydrogen (secondary N) is 1. The van der Waals surface area contributed by atoms with Crippen LogP contribution >= 0.6 is 11.8 Å². The fourth-order valence-corrected chi connectivity index (χ4v) is 3.48. The lowest BCUT2D eigenvalue weighted by atomic mass is 9.96. The largest absolute Gasteiger partial charge is 0.431 e. The molecular weight excluding hydrogens is 332 g/mol. The smallest absolute Gasteiger partial charge is 0.257 e. The van der Waals surface area contributed by atoms with E-state index in [9.17, 15) is 4.79 Å². The molecule has 1 N–H and O–H groups in total. The summed E-state index contributed by atoms with van der Waals surface area (Å²) in [7, 11) is 0. The molecule has 0 radical (unpaired) electrons. The number of para-hydroxylation sites is 2. The lowest BCUT2D eigenvalue weighted by molar-refractivity contribution is -0.120. The number of rotatable bonds is 7. The average molecular weight is 354 g/mol. The van der Waals surface area contributed by atoms with Crippen LogP contribution in [-0.4, -0.2) is 22.7 Å². The maximum absolute atomic E-state index is 12.4. The highest BCUT2D eigenvalue weighted by Gasteiger charge is 2.19. The molecule has 3 aromatic rings. The van der Waals surface area contributed by atoms with Crippen molar-refractivity contribution in [3.63, 3.8) is 0 Å². The molecule has 2 atom stereocenters. The number of oxazole rings is 1. The van der Waals surface area contributed by atoms with E-state index < -0.39 is 0 Å². The molecule has 130 valence electrons. The first-order chi connectivity index (χ1) is 12.2. The molecule has 0 saturated heterocycles. The molecule has 0 saturated carbocycles. The second kappa shape index (κ2) is 8.21. The molecule has 5 heteroatoms. The normalized spacial score (nSPS) is 13.5. The van der Waals surface area contributed by atoms with Crippen molar-refractivity contribution in [3.8, 4) is 0 Å². The van der Waals surface area contributed by atoms with Gasteiger partial charge in [-0.1, -0.05) is 61.2 Å². The number of fused-ring (bicyclic) bond motifs is 1. The minimum Gasteiger partial charge on any atom is -0.431 e. The van der Waals surface area contributed by atoms with E-state index in [0.717, 1.165) is 17.5 Å². The summed E-state index contributed by atoms with van der Waals surface area (Å²) in [5, 5.41) is 3.32. The maximum atomic E-state index is 12.4. The number of thioether (sulfide) groups is 1. The minimum atomic E-state index is -0.263. The number of aromatic nitrogens is 1. The Morgan fingerprint density at radius 2 is 1.88 bits per heavy atom. The molecule has 0 spiro atoms. The summed E-state index contributed by atoms with van der Waals surface area (Å²) in [4.78, 5) is 16.8. The van der Waals surface area contributed by atoms with E-state index in [4.69, 9.17) is 4.42 Å². The average Bonchev–Trinajstić information content (AvgIpc) is 3.05. The lowest BCUT2D eigenvalue weighted by Crippen LogP contribution is -2.34. The summed E-state index contributed by atoms with van der Waals surface area (Å²) in [5.41, 5.74) is 2.81. The summed E-state index contributed by atoms with van der Waals surface area (Å²) in [5.74, 6) is 0.327. The zero-order valence-electron chi connectivity index (χ0n) is 14.4. The van der Waals surface area contributed by atoms with E-state index in [1.165, 1.54) is 17.3 Å². The molecule has 0 aliphatic rings. The Morgan fingerprint density at radius 1 is 1.16 bits per heavy atom. The van der Waals surface area contributed by atoms with Crippen molar-refractivity contribution in [1.82, 2.24) is 10.3 Å². The summed E-state index contributed by atoms with van der Waals surface area (Å²) >= 11 is 1.34. The first-order valence-corrected chi connectivity index (χ1v) is 9.40. The van der Waals surface area contributed by atoms with E-state index in [1.54, 1.807) is 0 Å². The third-order valence-electron chi connectivity index (χ3n) is 4.21. The van der Waals surface area contributed by atoms with E-state index in [0.29, 0.717) is 17.7 Å². The fraction of sp³-hybridized carbons (Fsp3) is 0.300. The van der Waals surface area contributed by atoms with Gasteiger partial charge in [0.05, 0.1) is 5.25 Å². The van der Waals surface area contributed by atoms with Crippen LogP contribution in [0.1, 0.15) is 31.7 Å². The van der Waals surface area contributed by atoms with Crippen molar-refractivity contribution in [2.75, 3.05) is 6.54 Å². The van der Waals surface area contributed by atoms with Crippen LogP contribution in [0.5, 0.6) is 0 Å². The van der Waals surface area contributed by atoms with Crippen LogP contribution < -0.4 is 5.32 Å². The van der Waals surface area contributed by atoms with Gasteiger partial charge in [-0.3, -0.25) is 4.79 Å². The Morgan fingerprint density at radius 3 is 2.60 bits per heavy atom. The highest BCUT2D eigenvalue weighted by molar-refractivity contribution is 8.00. The van der Waals surface area contributed by atoms with Gasteiger partial charge >= 0.3 is 0 Å². The number of benzene rings is 2. The highest BCUT2D eigenvalue weighted by atomic mass is 32.2. The second-order valence-electron chi connectivity index (χ2n) is 5.97. The molecule has 0 unspecified atom stereocenters. The first kappa shape index (κ1) is 17.5. The molecule has 2 aromatic carbocycles. The van der Waals surface area contributed by atoms with Crippen molar-refractivity contribution >= 4 is 28.8 Å². The van der Waals surface area contributed by atoms with Crippen LogP contribution in [0.2, 0.25) is 0 Å². The van der Waals surface area contributed by atoms with Crippen LogP contribution in [0.15, 0.2) is 64.2 Å². The maximum Gasteiger partial charge on any atom is 0.257 e. The summed E-state index contributed by atoms with van der Waals surface area (Å²) in [6.07, 6.45) is 0.983. The standard InChI is InChI=1S/C20H22N2O2S/c1-3-15(16-9-5-4-6-10-16)13-21-19(23)14(2)25-20-22-17-11-7-8-12-18(17)24-20/h4-12,14-15H,3,13H2,1-2H3,(H,21,23)/t14-,15-/m0/s1. The molecule has 3 rings (SSSR count). The molecule has 0 bridgehead atoms. The van der Waals surface area contributed by atoms with Crippen molar-refractivity contribution in [3.05, 3.63) is 60.2 Å². The predicted octanol–water partition coefficient (Wildman–Crippen LogP) is 4.62. The van der Waals surface area contributed by atoms with Crippen molar-refractivity contribution in [1.29, 1.82) is 0 Å². The molecule has 0 fully saturated rings. The van der Waals surface area contributed by atoms with Crippen molar-refractivity contribution in [2.45, 2.75) is 36.7 Å². The number of nitrogens with zero attached hydrogens (tertiary/aromatic N) is 1. The quantitative estimate of drug-likeness (QED) is 0.629. The van der Waals surface area contributed by atoms with E-state index in [1.807, 2.05) is 49.4 Å². The Hall–Kier alpha value is -2.27. The molecule has 4 nitrogen and oxygen atoms in total. The fourth-order valence-electron chi connectivity index (χ4n) is 2.70. The van der Waals surface area contributed by atoms with Gasteiger partial charge in [-0.2, -0.15) is 0 Å². The zero-order valence-corrected chi connectivity index (χ0v) is 15.3. The Kier molecular flexibility index (Phi) is 5.76. The summed E-state index contributed by atoms with van der Waals surface area (Å²) < 4.78 is 5.68. The summed E-state index contributed by atoms with van der Waals surface area (Å²) in [6, 6.07) is 17.9. The molecule has 1 aromatic heterocycles. The van der Waals surface area contributed by atoms with Gasteiger partial charge in [0.2, 0.25) is 5.91 Å². The van der Waals surface area contributed by atoms with Crippen LogP contribution in [0.4, 0.5) is 0 Å². The van der Waals surface area contributed by atoms with E-state index in [2.05, 4.69) is 29.4 Å². The number of carbonyl (C=O) groups excluding carboxylic acids is 1. The number of amides is 1. The molecule has 1 heterocycles. The van der Waals surface area contributed by atoms with Gasteiger partial charge in [-0.25, -0.2) is 4.98 Å². The monoisotopic (exact) mass is 354 g/mol. The predicted molar refractivity (Wildman–Crippen MR) is 102 cm³/mol. The van der Waals surface area contributed by atoms with Gasteiger partial charge in [0.15, 0.2) is 5.58 Å². The van der Waals surface area contributed by atoms with Gasteiger partial charge in [0, 0.05) is 12.5 Å². The van der Waals surface area contributed by atoms with Gasteiger partial charge in [-0.05, 0) is 31.0 Å². The van der Waals surface area contributed by atoms with Gasteiger partial charge in [0.25, 0.3) is 5.22 Å². The third-order valence-corrected chi connectivity index (χ3v) is 5.15. The second-order valence-corrected chi connectivity index (χ2v) is 7.26. The molecule has 1 amide bonds. The number of hydrogen-bond acceptors (Lipinski definition) is 4. The zero-order chi connectivity index (χ0) is 17.6. The molecule has 0 aliphatic heterocycles. The van der Waals surface area contributed by atoms with E-state index >= 15 is 0 Å². The minimum absolute atomic E-state index is 0.00152. The van der Waals surface area contributed by atoms with Gasteiger partial charge in [0.1, 0.15) is 5.52 Å². The third kappa shape index (κ3) is 4.42. The van der Waals surface area contributed by atoms with Crippen molar-refractivity contribution in [2.24, 2.45) is 0 Å². The van der Waals surface area contributed by atoms with Gasteiger partial charge in [-0.15, -0.1) is 0 Å². The topological polar surface area (TPSA) is 55.1 Å². The number of hydrogen-bond donors (Lipinski definition) is 1. The van der Waals surface area contributed by atoms with Crippen molar-refractivity contribution < 1.29 is 9.21 Å². The molecular formula is C20H22N2O2S. The molecule has 25 heavy (non-hydrogen) atoms. The number of carbonyl (C=O) groups is 1. The Bertz CT molecular complexity index is 799. The Balaban J connectivity index is 1.57. The van der Waals surface area contributed by atoms with E-state index in [-0.39, 0.29) is 11.2 Å². The van der Waals surface area contributed by atoms with Gasteiger partial charge < -0.3 is 9.73 Å². The van der Waals surface area contributed by atoms with Crippen LogP contribution in [0.25, 0.3) is 11.1 Å². The highest BCUT2D eigenvalue weighted by Crippen LogP contribution is 2.27. The Labute approximate surface area is 152 Å². The van der Waals surface area contributed by atoms with Crippen LogP contribution in [-0.2, 0) is 4.79 Å². The van der Waals surface area contributed by atoms with Crippen LogP contribution in [0, 0.1) is 0 Å². The summed E-state index contributed by atoms with van der Waals surface area (Å²) in [6.45, 7) is 4.65. The lowest BCUT2D eigenvalue weighted by Gasteiger charge is -2.17. The van der Waals surface area contributed by atoms with Crippen LogP contribution in [0.3, 0.4) is 0 Å². The first-order valence-electron chi connectivity index (χ1n) is 8.52. The molecule has 0 aliphatic carbocycles.